The number of benzene rings is 2. The van der Waals surface area contributed by atoms with Crippen LogP contribution in [0.2, 0.25) is 0 Å². The molecular weight excluding hydrogens is 404 g/mol. The SMILES string of the molecule is CCn1c(Sc2ccc([N+](=O)[O-])cc2/C=N/n2cnnc2)nnc1-c1ccccc1. The highest BCUT2D eigenvalue weighted by Gasteiger charge is 2.17. The van der Waals surface area contributed by atoms with Crippen molar-refractivity contribution >= 4 is 23.7 Å². The van der Waals surface area contributed by atoms with Crippen LogP contribution in [0.15, 0.2) is 76.3 Å². The molecule has 0 N–H and O–H groups in total. The van der Waals surface area contributed by atoms with E-state index < -0.39 is 4.92 Å². The highest BCUT2D eigenvalue weighted by Crippen LogP contribution is 2.33. The molecule has 0 saturated carbocycles. The van der Waals surface area contributed by atoms with Gasteiger partial charge in [-0.15, -0.1) is 20.4 Å². The van der Waals surface area contributed by atoms with Crippen molar-refractivity contribution in [3.63, 3.8) is 0 Å². The summed E-state index contributed by atoms with van der Waals surface area (Å²) in [5.41, 5.74) is 1.53. The summed E-state index contributed by atoms with van der Waals surface area (Å²) in [7, 11) is 0. The third kappa shape index (κ3) is 4.10. The molecule has 30 heavy (non-hydrogen) atoms. The fourth-order valence-electron chi connectivity index (χ4n) is 2.78. The van der Waals surface area contributed by atoms with E-state index in [1.54, 1.807) is 6.07 Å². The van der Waals surface area contributed by atoms with Crippen molar-refractivity contribution in [2.45, 2.75) is 23.5 Å². The van der Waals surface area contributed by atoms with Crippen LogP contribution in [-0.4, -0.2) is 40.8 Å². The molecule has 0 fully saturated rings. The molecule has 0 aliphatic carbocycles. The monoisotopic (exact) mass is 420 g/mol. The van der Waals surface area contributed by atoms with Crippen LogP contribution in [0.5, 0.6) is 0 Å². The number of hydrogen-bond acceptors (Lipinski definition) is 8. The second-order valence-corrected chi connectivity index (χ2v) is 7.09. The van der Waals surface area contributed by atoms with E-state index in [-0.39, 0.29) is 5.69 Å². The second kappa shape index (κ2) is 8.66. The van der Waals surface area contributed by atoms with Gasteiger partial charge in [-0.1, -0.05) is 30.3 Å². The first-order valence-electron chi connectivity index (χ1n) is 8.99. The maximum absolute atomic E-state index is 11.2. The summed E-state index contributed by atoms with van der Waals surface area (Å²) in [6.45, 7) is 2.70. The first-order valence-corrected chi connectivity index (χ1v) is 9.81. The molecule has 0 spiro atoms. The average molecular weight is 420 g/mol. The van der Waals surface area contributed by atoms with Crippen LogP contribution in [-0.2, 0) is 6.54 Å². The number of nitrogens with zero attached hydrogens (tertiary/aromatic N) is 8. The lowest BCUT2D eigenvalue weighted by Crippen LogP contribution is -2.00. The van der Waals surface area contributed by atoms with Crippen LogP contribution in [0.1, 0.15) is 12.5 Å². The Hall–Kier alpha value is -3.86. The molecule has 4 rings (SSSR count). The van der Waals surface area contributed by atoms with E-state index in [1.807, 2.05) is 41.8 Å². The quantitative estimate of drug-likeness (QED) is 0.255. The van der Waals surface area contributed by atoms with Crippen LogP contribution >= 0.6 is 11.8 Å². The van der Waals surface area contributed by atoms with Gasteiger partial charge in [-0.3, -0.25) is 10.1 Å². The average Bonchev–Trinajstić information content (AvgIpc) is 3.43. The Kier molecular flexibility index (Phi) is 5.61. The van der Waals surface area contributed by atoms with Crippen molar-refractivity contribution in [1.82, 2.24) is 29.6 Å². The summed E-state index contributed by atoms with van der Waals surface area (Å²) in [6, 6.07) is 14.4. The van der Waals surface area contributed by atoms with Crippen LogP contribution in [0.25, 0.3) is 11.4 Å². The van der Waals surface area contributed by atoms with Crippen molar-refractivity contribution in [2.24, 2.45) is 5.10 Å². The lowest BCUT2D eigenvalue weighted by molar-refractivity contribution is -0.384. The van der Waals surface area contributed by atoms with Crippen molar-refractivity contribution in [3.05, 3.63) is 76.9 Å². The van der Waals surface area contributed by atoms with Crippen molar-refractivity contribution in [2.75, 3.05) is 0 Å². The van der Waals surface area contributed by atoms with Crippen LogP contribution in [0.3, 0.4) is 0 Å². The summed E-state index contributed by atoms with van der Waals surface area (Å²) in [5.74, 6) is 0.766. The van der Waals surface area contributed by atoms with E-state index in [1.165, 1.54) is 47.4 Å². The first-order chi connectivity index (χ1) is 14.7. The zero-order valence-electron chi connectivity index (χ0n) is 15.9. The van der Waals surface area contributed by atoms with E-state index in [9.17, 15) is 10.1 Å². The summed E-state index contributed by atoms with van der Waals surface area (Å²) >= 11 is 1.37. The molecule has 150 valence electrons. The molecule has 2 heterocycles. The van der Waals surface area contributed by atoms with Gasteiger partial charge in [0.15, 0.2) is 11.0 Å². The summed E-state index contributed by atoms with van der Waals surface area (Å²) in [5, 5.41) is 32.2. The van der Waals surface area contributed by atoms with E-state index in [0.29, 0.717) is 17.3 Å². The lowest BCUT2D eigenvalue weighted by atomic mass is 10.2. The number of rotatable bonds is 7. The molecule has 10 nitrogen and oxygen atoms in total. The molecule has 2 aromatic carbocycles. The smallest absolute Gasteiger partial charge is 0.270 e. The van der Waals surface area contributed by atoms with Crippen LogP contribution in [0, 0.1) is 10.1 Å². The number of non-ortho nitro benzene ring substituents is 1. The van der Waals surface area contributed by atoms with Gasteiger partial charge >= 0.3 is 0 Å². The predicted octanol–water partition coefficient (Wildman–Crippen LogP) is 3.50. The van der Waals surface area contributed by atoms with E-state index >= 15 is 0 Å². The number of nitro benzene ring substituents is 1. The molecule has 0 aliphatic rings. The molecule has 0 saturated heterocycles. The standard InChI is InChI=1S/C19H16N8O2S/c1-2-26-18(14-6-4-3-5-7-14)23-24-19(26)30-17-9-8-16(27(28)29)10-15(17)11-22-25-12-20-21-13-25/h3-13H,2H2,1H3/b22-11+. The number of hydrogen-bond donors (Lipinski definition) is 0. The Labute approximate surface area is 175 Å². The van der Waals surface area contributed by atoms with Gasteiger partial charge in [-0.25, -0.2) is 4.68 Å². The molecule has 2 aromatic heterocycles. The van der Waals surface area contributed by atoms with Gasteiger partial charge in [0.25, 0.3) is 5.69 Å². The van der Waals surface area contributed by atoms with Crippen molar-refractivity contribution in [1.29, 1.82) is 0 Å². The molecular formula is C19H16N8O2S. The van der Waals surface area contributed by atoms with Crippen LogP contribution in [0.4, 0.5) is 5.69 Å². The van der Waals surface area contributed by atoms with Gasteiger partial charge in [0.2, 0.25) is 0 Å². The Balaban J connectivity index is 1.71. The fourth-order valence-corrected chi connectivity index (χ4v) is 3.75. The molecule has 4 aromatic rings. The largest absolute Gasteiger partial charge is 0.302 e. The molecule has 0 unspecified atom stereocenters. The Morgan fingerprint density at radius 2 is 1.90 bits per heavy atom. The zero-order valence-corrected chi connectivity index (χ0v) is 16.7. The van der Waals surface area contributed by atoms with Gasteiger partial charge in [0.05, 0.1) is 11.1 Å². The lowest BCUT2D eigenvalue weighted by Gasteiger charge is -2.09. The molecule has 0 radical (unpaired) electrons. The molecule has 0 aliphatic heterocycles. The van der Waals surface area contributed by atoms with Gasteiger partial charge in [0, 0.05) is 34.7 Å². The molecule has 0 amide bonds. The molecule has 11 heteroatoms. The van der Waals surface area contributed by atoms with Gasteiger partial charge in [-0.05, 0) is 24.8 Å². The van der Waals surface area contributed by atoms with Gasteiger partial charge in [-0.2, -0.15) is 5.10 Å². The molecule has 0 bridgehead atoms. The minimum absolute atomic E-state index is 0.0218. The summed E-state index contributed by atoms with van der Waals surface area (Å²) in [4.78, 5) is 11.5. The normalized spacial score (nSPS) is 11.2. The topological polar surface area (TPSA) is 117 Å². The van der Waals surface area contributed by atoms with E-state index in [0.717, 1.165) is 16.3 Å². The summed E-state index contributed by atoms with van der Waals surface area (Å²) in [6.07, 6.45) is 4.39. The third-order valence-electron chi connectivity index (χ3n) is 4.21. The van der Waals surface area contributed by atoms with Crippen molar-refractivity contribution in [3.8, 4) is 11.4 Å². The van der Waals surface area contributed by atoms with Crippen molar-refractivity contribution < 1.29 is 4.92 Å². The fraction of sp³-hybridized carbons (Fsp3) is 0.105. The second-order valence-electron chi connectivity index (χ2n) is 6.08. The Morgan fingerprint density at radius 3 is 2.60 bits per heavy atom. The minimum Gasteiger partial charge on any atom is -0.302 e. The van der Waals surface area contributed by atoms with Gasteiger partial charge in [0.1, 0.15) is 12.7 Å². The maximum Gasteiger partial charge on any atom is 0.270 e. The van der Waals surface area contributed by atoms with E-state index in [4.69, 9.17) is 0 Å². The highest BCUT2D eigenvalue weighted by atomic mass is 32.2. The van der Waals surface area contributed by atoms with E-state index in [2.05, 4.69) is 25.5 Å². The maximum atomic E-state index is 11.2. The third-order valence-corrected chi connectivity index (χ3v) is 5.28. The zero-order chi connectivity index (χ0) is 20.9. The van der Waals surface area contributed by atoms with Crippen LogP contribution < -0.4 is 0 Å². The first kappa shape index (κ1) is 19.5. The predicted molar refractivity (Wildman–Crippen MR) is 111 cm³/mol. The number of aromatic nitrogens is 6. The number of nitro groups is 1. The Bertz CT molecular complexity index is 1190. The highest BCUT2D eigenvalue weighted by molar-refractivity contribution is 7.99. The van der Waals surface area contributed by atoms with Gasteiger partial charge < -0.3 is 4.57 Å². The Morgan fingerprint density at radius 1 is 1.13 bits per heavy atom. The molecule has 0 atom stereocenters. The minimum atomic E-state index is -0.438. The summed E-state index contributed by atoms with van der Waals surface area (Å²) < 4.78 is 3.41.